The van der Waals surface area contributed by atoms with Crippen LogP contribution in [0.2, 0.25) is 0 Å². The SMILES string of the molecule is C=C1NC(=O)/C(C[C@H](O)c2cnc3ccccc3n2)=C\OC(=O)[C@H](C(C)C)N(C)[C@@H](O)[C@@H]2[C@H](SC)SC[C@@H]([C@H](O)N(C)[C@@H](C(C)C)C(=O)OC[C@@H](N[C@H](O)c3cnc4ccccc4n3)C(=O)N[C@@H](C)[C@@H](O)N2C)N(C)[C@@H]1O.[2HH].[2HH]. The molecule has 0 saturated carbocycles. The molecule has 4 heterocycles. The van der Waals surface area contributed by atoms with Crippen LogP contribution in [0.5, 0.6) is 0 Å². The molecule has 0 spiro atoms. The number of aliphatic hydroxyl groups excluding tert-OH is 6. The van der Waals surface area contributed by atoms with Crippen molar-refractivity contribution < 1.29 is 62.1 Å². The second-order valence-electron chi connectivity index (χ2n) is 20.0. The maximum atomic E-state index is 14.4. The van der Waals surface area contributed by atoms with E-state index >= 15 is 0 Å². The smallest absolute Gasteiger partial charge is 0.328 e. The number of cyclic esters (lactones) is 2. The van der Waals surface area contributed by atoms with Gasteiger partial charge in [-0.1, -0.05) is 58.5 Å². The van der Waals surface area contributed by atoms with E-state index in [2.05, 4.69) is 42.5 Å². The lowest BCUT2D eigenvalue weighted by molar-refractivity contribution is -0.162. The number of hydrogen-bond acceptors (Lipinski definition) is 23. The third-order valence-corrected chi connectivity index (χ3v) is 16.8. The Hall–Kier alpha value is -5.26. The Kier molecular flexibility index (Phi) is 21.4. The average molecular weight is 1110 g/mol. The number of aromatic nitrogens is 4. The summed E-state index contributed by atoms with van der Waals surface area (Å²) in [7, 11) is 6.00. The minimum atomic E-state index is -1.74. The number of hydrogen-bond donors (Lipinski definition) is 9. The summed E-state index contributed by atoms with van der Waals surface area (Å²) in [6.45, 7) is 11.8. The Balaban J connectivity index is 0.00000672. The number of benzene rings is 2. The van der Waals surface area contributed by atoms with Gasteiger partial charge < -0.3 is 50.7 Å². The van der Waals surface area contributed by atoms with Gasteiger partial charge in [-0.05, 0) is 77.5 Å². The van der Waals surface area contributed by atoms with Gasteiger partial charge in [0.25, 0.3) is 5.91 Å². The number of amides is 2. The van der Waals surface area contributed by atoms with Gasteiger partial charge in [0.2, 0.25) is 5.91 Å². The summed E-state index contributed by atoms with van der Waals surface area (Å²) in [4.78, 5) is 80.7. The van der Waals surface area contributed by atoms with Crippen molar-refractivity contribution in [1.82, 2.24) is 55.5 Å². The van der Waals surface area contributed by atoms with Crippen molar-refractivity contribution in [3.63, 3.8) is 0 Å². The molecule has 2 bridgehead atoms. The van der Waals surface area contributed by atoms with E-state index in [0.717, 1.165) is 6.26 Å². The lowest BCUT2D eigenvalue weighted by Crippen LogP contribution is -2.63. The van der Waals surface area contributed by atoms with Crippen LogP contribution in [0.4, 0.5) is 0 Å². The third-order valence-electron chi connectivity index (χ3n) is 13.9. The molecule has 9 N–H and O–H groups in total. The summed E-state index contributed by atoms with van der Waals surface area (Å²) >= 11 is 2.51. The van der Waals surface area contributed by atoms with E-state index in [0.29, 0.717) is 22.1 Å². The molecule has 0 aliphatic carbocycles. The molecule has 6 rings (SSSR count). The summed E-state index contributed by atoms with van der Waals surface area (Å²) in [5.41, 5.74) is 1.70. The van der Waals surface area contributed by atoms with Gasteiger partial charge >= 0.3 is 11.9 Å². The highest BCUT2D eigenvalue weighted by atomic mass is 32.2. The fraction of sp³-hybridized carbons (Fsp3) is 0.538. The first-order valence-corrected chi connectivity index (χ1v) is 27.5. The molecule has 1 saturated heterocycles. The predicted molar refractivity (Wildman–Crippen MR) is 294 cm³/mol. The molecule has 4 aromatic rings. The van der Waals surface area contributed by atoms with E-state index in [9.17, 15) is 49.8 Å². The lowest BCUT2D eigenvalue weighted by atomic mass is 10.0. The second kappa shape index (κ2) is 27.1. The largest absolute Gasteiger partial charge is 0.462 e. The van der Waals surface area contributed by atoms with Gasteiger partial charge in [-0.25, -0.2) is 14.8 Å². The summed E-state index contributed by atoms with van der Waals surface area (Å²) in [5.74, 6) is -4.59. The molecule has 2 aromatic carbocycles. The van der Waals surface area contributed by atoms with Crippen LogP contribution in [0.25, 0.3) is 22.1 Å². The Morgan fingerprint density at radius 2 is 1.34 bits per heavy atom. The topological polar surface area (TPSA) is 309 Å². The van der Waals surface area contributed by atoms with Crippen molar-refractivity contribution >= 4 is 69.3 Å². The molecule has 0 unspecified atom stereocenters. The van der Waals surface area contributed by atoms with Crippen LogP contribution in [0.1, 0.15) is 67.6 Å². The fourth-order valence-corrected chi connectivity index (χ4v) is 12.1. The van der Waals surface area contributed by atoms with Crippen LogP contribution in [0.15, 0.2) is 85.0 Å². The molecule has 424 valence electrons. The standard InChI is InChI=1S/C52H73N11O12S2.2H2/c1-26(2)40-51(73)75-24-37(59-44(66)36-22-54-32-17-13-15-19-34(32)58-36)45(67)56-29(6)47(69)63(10)42-49(71)62(9)41(27(3)4)50(72)74-23-30(20-39(64)35-21-53-31-16-12-14-18-33(31)57-35)43(65)55-28(5)46(68)60(7)38(48(70)61(40)8)25-77-52(42)76-11;;/h12-19,21-23,26-27,29,37-42,44,46-49,52,59,64,66,68-71H,5,20,24-25H2,1-4,6-11H3,(H,55,65)(H,56,67);2*1H/b30-23-;;/t29-,37+,38-,39-,40-,41-,42+,44+,46+,47+,48-,49-,52+;;/m0../s1/i;2*1+1. The van der Waals surface area contributed by atoms with Crippen LogP contribution in [0.3, 0.4) is 0 Å². The molecular formula is C52H77N11O12S2. The van der Waals surface area contributed by atoms with Crippen LogP contribution in [0, 0.1) is 11.8 Å². The zero-order valence-electron chi connectivity index (χ0n) is 44.9. The first kappa shape index (κ1) is 61.0. The van der Waals surface area contributed by atoms with Crippen LogP contribution < -0.4 is 16.0 Å². The zero-order valence-corrected chi connectivity index (χ0v) is 46.5. The van der Waals surface area contributed by atoms with E-state index in [4.69, 9.17) is 9.47 Å². The molecule has 23 nitrogen and oxygen atoms in total. The fourth-order valence-electron chi connectivity index (χ4n) is 9.43. The van der Waals surface area contributed by atoms with Crippen molar-refractivity contribution in [3.8, 4) is 0 Å². The van der Waals surface area contributed by atoms with Crippen LogP contribution in [-0.4, -0.2) is 206 Å². The summed E-state index contributed by atoms with van der Waals surface area (Å²) in [5, 5.41) is 80.7. The van der Waals surface area contributed by atoms with Gasteiger partial charge in [0.1, 0.15) is 73.9 Å². The van der Waals surface area contributed by atoms with Crippen LogP contribution >= 0.6 is 23.5 Å². The van der Waals surface area contributed by atoms with E-state index < -0.39 is 127 Å². The monoisotopic (exact) mass is 1110 g/mol. The van der Waals surface area contributed by atoms with E-state index in [1.807, 2.05) is 0 Å². The zero-order chi connectivity index (χ0) is 56.6. The van der Waals surface area contributed by atoms with E-state index in [-0.39, 0.29) is 31.3 Å². The molecular weight excluding hydrogens is 1030 g/mol. The molecule has 0 radical (unpaired) electrons. The van der Waals surface area contributed by atoms with Crippen molar-refractivity contribution in [2.75, 3.05) is 46.8 Å². The average Bonchev–Trinajstić information content (AvgIpc) is 3.41. The van der Waals surface area contributed by atoms with E-state index in [1.165, 1.54) is 90.6 Å². The number of carbonyl (C=O) groups is 4. The lowest BCUT2D eigenvalue weighted by Gasteiger charge is -2.46. The normalized spacial score (nSPS) is 29.9. The van der Waals surface area contributed by atoms with Crippen LogP contribution in [-0.2, 0) is 28.7 Å². The quantitative estimate of drug-likeness (QED) is 0.0847. The predicted octanol–water partition coefficient (Wildman–Crippen LogP) is 1.48. The third kappa shape index (κ3) is 14.5. The number of nitrogens with one attached hydrogen (secondary N) is 3. The maximum Gasteiger partial charge on any atom is 0.328 e. The Labute approximate surface area is 459 Å². The number of nitrogens with zero attached hydrogens (tertiary/aromatic N) is 8. The van der Waals surface area contributed by atoms with Gasteiger partial charge in [-0.3, -0.25) is 49.3 Å². The minimum absolute atomic E-state index is 0. The minimum Gasteiger partial charge on any atom is -0.462 e. The summed E-state index contributed by atoms with van der Waals surface area (Å²) in [6, 6.07) is 6.75. The molecule has 2 amide bonds. The molecule has 2 aromatic heterocycles. The molecule has 1 fully saturated rings. The Morgan fingerprint density at radius 3 is 1.92 bits per heavy atom. The number of para-hydroxylation sites is 4. The second-order valence-corrected chi connectivity index (χ2v) is 22.5. The number of fused-ring (bicyclic) bond motifs is 6. The first-order valence-electron chi connectivity index (χ1n) is 25.1. The summed E-state index contributed by atoms with van der Waals surface area (Å²) < 4.78 is 10.9. The number of esters is 2. The Morgan fingerprint density at radius 1 is 0.792 bits per heavy atom. The number of thioether (sulfide) groups is 2. The van der Waals surface area contributed by atoms with Crippen molar-refractivity contribution in [2.45, 2.75) is 119 Å². The van der Waals surface area contributed by atoms with Crippen molar-refractivity contribution in [1.29, 1.82) is 0 Å². The van der Waals surface area contributed by atoms with Gasteiger partial charge in [-0.15, -0.1) is 23.5 Å². The molecule has 25 heteroatoms. The number of ether oxygens (including phenoxy) is 2. The highest BCUT2D eigenvalue weighted by molar-refractivity contribution is 8.16. The van der Waals surface area contributed by atoms with Crippen molar-refractivity contribution in [3.05, 3.63) is 96.4 Å². The highest BCUT2D eigenvalue weighted by Crippen LogP contribution is 2.35. The molecule has 77 heavy (non-hydrogen) atoms. The number of likely N-dealkylation sites (N-methyl/N-ethyl adjacent to an activating group) is 4. The number of rotatable bonds is 9. The molecule has 2 aliphatic heterocycles. The molecule has 2 aliphatic rings. The van der Waals surface area contributed by atoms with Gasteiger partial charge in [0.15, 0.2) is 0 Å². The number of carbonyl (C=O) groups excluding carboxylic acids is 4. The highest BCUT2D eigenvalue weighted by Gasteiger charge is 2.45. The molecule has 13 atom stereocenters. The first-order chi connectivity index (χ1) is 36.4. The van der Waals surface area contributed by atoms with E-state index in [1.54, 1.807) is 82.5 Å². The van der Waals surface area contributed by atoms with Crippen molar-refractivity contribution in [2.24, 2.45) is 11.8 Å². The van der Waals surface area contributed by atoms with Gasteiger partial charge in [0.05, 0.1) is 74.1 Å². The summed E-state index contributed by atoms with van der Waals surface area (Å²) in [6.07, 6.45) is -4.67. The van der Waals surface area contributed by atoms with Gasteiger partial charge in [-0.2, -0.15) is 0 Å². The maximum absolute atomic E-state index is 14.4. The van der Waals surface area contributed by atoms with Gasteiger partial charge in [0, 0.05) is 15.0 Å². The number of aliphatic hydroxyl groups is 6. The Bertz CT molecular complexity index is 2760.